The predicted octanol–water partition coefficient (Wildman–Crippen LogP) is 3.05. The number of benzene rings is 1. The maximum Gasteiger partial charge on any atom is 0.341 e. The Labute approximate surface area is 131 Å². The van der Waals surface area contributed by atoms with Gasteiger partial charge in [0.15, 0.2) is 0 Å². The van der Waals surface area contributed by atoms with E-state index in [-0.39, 0.29) is 17.5 Å². The van der Waals surface area contributed by atoms with Gasteiger partial charge in [-0.2, -0.15) is 13.8 Å². The fourth-order valence-corrected chi connectivity index (χ4v) is 2.40. The summed E-state index contributed by atoms with van der Waals surface area (Å²) in [5.41, 5.74) is 0.751. The van der Waals surface area contributed by atoms with Crippen molar-refractivity contribution < 1.29 is 26.4 Å². The van der Waals surface area contributed by atoms with Crippen molar-refractivity contribution >= 4 is 21.8 Å². The number of carbonyl (C=O) groups is 1. The summed E-state index contributed by atoms with van der Waals surface area (Å²) in [7, 11) is -4.68. The molecule has 9 heteroatoms. The number of hydrogen-bond donors (Lipinski definition) is 1. The SMILES string of the molecule is CC(C)c1coc(NC(=O)c2ccc(S(=O)(=O)C(F)F)cc2)n1. The van der Waals surface area contributed by atoms with Crippen molar-refractivity contribution in [2.75, 3.05) is 5.32 Å². The maximum atomic E-state index is 12.4. The zero-order chi connectivity index (χ0) is 17.2. The zero-order valence-electron chi connectivity index (χ0n) is 12.3. The molecule has 0 radical (unpaired) electrons. The van der Waals surface area contributed by atoms with Crippen molar-refractivity contribution in [3.05, 3.63) is 41.8 Å². The molecule has 0 aliphatic carbocycles. The number of anilines is 1. The first kappa shape index (κ1) is 17.1. The summed E-state index contributed by atoms with van der Waals surface area (Å²) in [5, 5.41) is 2.40. The van der Waals surface area contributed by atoms with Crippen LogP contribution in [0.4, 0.5) is 14.8 Å². The topological polar surface area (TPSA) is 89.3 Å². The van der Waals surface area contributed by atoms with Gasteiger partial charge in [-0.25, -0.2) is 8.42 Å². The Morgan fingerprint density at radius 1 is 1.22 bits per heavy atom. The molecule has 2 rings (SSSR count). The number of alkyl halides is 2. The molecule has 0 spiro atoms. The van der Waals surface area contributed by atoms with Crippen LogP contribution >= 0.6 is 0 Å². The van der Waals surface area contributed by atoms with Gasteiger partial charge < -0.3 is 4.42 Å². The first-order chi connectivity index (χ1) is 10.7. The second-order valence-electron chi connectivity index (χ2n) is 5.02. The third kappa shape index (κ3) is 3.73. The lowest BCUT2D eigenvalue weighted by atomic mass is 10.2. The van der Waals surface area contributed by atoms with E-state index in [0.717, 1.165) is 24.3 Å². The predicted molar refractivity (Wildman–Crippen MR) is 78.2 cm³/mol. The number of sulfone groups is 1. The summed E-state index contributed by atoms with van der Waals surface area (Å²) in [6, 6.07) is 4.17. The average molecular weight is 344 g/mol. The molecule has 0 fully saturated rings. The summed E-state index contributed by atoms with van der Waals surface area (Å²) >= 11 is 0. The maximum absolute atomic E-state index is 12.4. The van der Waals surface area contributed by atoms with Gasteiger partial charge in [0.2, 0.25) is 9.84 Å². The molecule has 124 valence electrons. The lowest BCUT2D eigenvalue weighted by molar-refractivity contribution is 0.102. The zero-order valence-corrected chi connectivity index (χ0v) is 13.1. The minimum atomic E-state index is -4.68. The second-order valence-corrected chi connectivity index (χ2v) is 6.93. The highest BCUT2D eigenvalue weighted by molar-refractivity contribution is 7.91. The second kappa shape index (κ2) is 6.45. The van der Waals surface area contributed by atoms with Crippen molar-refractivity contribution in [3.8, 4) is 0 Å². The van der Waals surface area contributed by atoms with Gasteiger partial charge in [0.25, 0.3) is 5.91 Å². The molecule has 1 aromatic carbocycles. The lowest BCUT2D eigenvalue weighted by Crippen LogP contribution is -2.14. The third-order valence-corrected chi connectivity index (χ3v) is 4.41. The van der Waals surface area contributed by atoms with E-state index in [1.54, 1.807) is 0 Å². The molecule has 0 bridgehead atoms. The van der Waals surface area contributed by atoms with E-state index in [1.807, 2.05) is 13.8 Å². The molecule has 0 unspecified atom stereocenters. The van der Waals surface area contributed by atoms with E-state index in [0.29, 0.717) is 5.69 Å². The fourth-order valence-electron chi connectivity index (χ4n) is 1.68. The van der Waals surface area contributed by atoms with Crippen LogP contribution in [-0.2, 0) is 9.84 Å². The standard InChI is InChI=1S/C14H14F2N2O4S/c1-8(2)11-7-22-14(17-11)18-12(19)9-3-5-10(6-4-9)23(20,21)13(15)16/h3-8,13H,1-2H3,(H,17,18,19). The number of halogens is 2. The number of amides is 1. The minimum Gasteiger partial charge on any atom is -0.432 e. The number of hydrogen-bond acceptors (Lipinski definition) is 5. The molecular weight excluding hydrogens is 330 g/mol. The summed E-state index contributed by atoms with van der Waals surface area (Å²) in [5.74, 6) is -3.98. The summed E-state index contributed by atoms with van der Waals surface area (Å²) in [6.07, 6.45) is 1.42. The molecule has 6 nitrogen and oxygen atoms in total. The van der Waals surface area contributed by atoms with Crippen LogP contribution in [0.25, 0.3) is 0 Å². The number of aromatic nitrogens is 1. The normalized spacial score (nSPS) is 11.9. The van der Waals surface area contributed by atoms with E-state index in [1.165, 1.54) is 6.26 Å². The van der Waals surface area contributed by atoms with Crippen LogP contribution in [-0.4, -0.2) is 25.1 Å². The highest BCUT2D eigenvalue weighted by Gasteiger charge is 2.26. The quantitative estimate of drug-likeness (QED) is 0.900. The first-order valence-electron chi connectivity index (χ1n) is 6.60. The monoisotopic (exact) mass is 344 g/mol. The Bertz CT molecular complexity index is 798. The smallest absolute Gasteiger partial charge is 0.341 e. The van der Waals surface area contributed by atoms with E-state index < -0.39 is 26.4 Å². The highest BCUT2D eigenvalue weighted by atomic mass is 32.2. The summed E-state index contributed by atoms with van der Waals surface area (Å²) in [6.45, 7) is 3.82. The molecule has 0 aliphatic heterocycles. The summed E-state index contributed by atoms with van der Waals surface area (Å²) < 4.78 is 52.5. The molecule has 23 heavy (non-hydrogen) atoms. The molecule has 2 aromatic rings. The van der Waals surface area contributed by atoms with E-state index in [9.17, 15) is 22.0 Å². The van der Waals surface area contributed by atoms with E-state index in [4.69, 9.17) is 4.42 Å². The molecule has 1 N–H and O–H groups in total. The molecule has 0 saturated carbocycles. The van der Waals surface area contributed by atoms with Gasteiger partial charge in [0.05, 0.1) is 10.6 Å². The molecule has 1 heterocycles. The Morgan fingerprint density at radius 3 is 2.30 bits per heavy atom. The average Bonchev–Trinajstić information content (AvgIpc) is 2.96. The van der Waals surface area contributed by atoms with Crippen LogP contribution in [0, 0.1) is 0 Å². The highest BCUT2D eigenvalue weighted by Crippen LogP contribution is 2.20. The molecule has 0 saturated heterocycles. The van der Waals surface area contributed by atoms with E-state index in [2.05, 4.69) is 10.3 Å². The van der Waals surface area contributed by atoms with Crippen molar-refractivity contribution in [1.82, 2.24) is 4.98 Å². The van der Waals surface area contributed by atoms with Crippen molar-refractivity contribution in [3.63, 3.8) is 0 Å². The van der Waals surface area contributed by atoms with Crippen molar-refractivity contribution in [2.24, 2.45) is 0 Å². The lowest BCUT2D eigenvalue weighted by Gasteiger charge is -2.04. The van der Waals surface area contributed by atoms with Gasteiger partial charge in [-0.1, -0.05) is 13.8 Å². The first-order valence-corrected chi connectivity index (χ1v) is 8.15. The van der Waals surface area contributed by atoms with Gasteiger partial charge in [-0.15, -0.1) is 0 Å². The van der Waals surface area contributed by atoms with Gasteiger partial charge in [0.1, 0.15) is 6.26 Å². The Hall–Kier alpha value is -2.29. The Balaban J connectivity index is 2.14. The van der Waals surface area contributed by atoms with Crippen molar-refractivity contribution in [2.45, 2.75) is 30.4 Å². The Kier molecular flexibility index (Phi) is 4.79. The van der Waals surface area contributed by atoms with Crippen LogP contribution in [0.3, 0.4) is 0 Å². The van der Waals surface area contributed by atoms with E-state index >= 15 is 0 Å². The minimum absolute atomic E-state index is 0.00276. The van der Waals surface area contributed by atoms with Gasteiger partial charge in [0, 0.05) is 5.56 Å². The molecule has 1 aromatic heterocycles. The molecule has 0 aliphatic rings. The summed E-state index contributed by atoms with van der Waals surface area (Å²) in [4.78, 5) is 15.5. The van der Waals surface area contributed by atoms with Gasteiger partial charge in [-0.05, 0) is 30.2 Å². The van der Waals surface area contributed by atoms with Crippen LogP contribution in [0.5, 0.6) is 0 Å². The van der Waals surface area contributed by atoms with Crippen molar-refractivity contribution in [1.29, 1.82) is 0 Å². The fraction of sp³-hybridized carbons (Fsp3) is 0.286. The van der Waals surface area contributed by atoms with Crippen LogP contribution < -0.4 is 5.32 Å². The van der Waals surface area contributed by atoms with Gasteiger partial charge in [-0.3, -0.25) is 10.1 Å². The number of oxazole rings is 1. The number of rotatable bonds is 5. The van der Waals surface area contributed by atoms with Crippen LogP contribution in [0.15, 0.2) is 39.8 Å². The number of nitrogens with one attached hydrogen (secondary N) is 1. The molecule has 1 amide bonds. The third-order valence-electron chi connectivity index (χ3n) is 3.01. The number of carbonyl (C=O) groups excluding carboxylic acids is 1. The van der Waals surface area contributed by atoms with Crippen LogP contribution in [0.1, 0.15) is 35.8 Å². The molecule has 0 atom stereocenters. The number of nitrogens with zero attached hydrogens (tertiary/aromatic N) is 1. The molecular formula is C14H14F2N2O4S. The largest absolute Gasteiger partial charge is 0.432 e. The van der Waals surface area contributed by atoms with Crippen LogP contribution in [0.2, 0.25) is 0 Å². The van der Waals surface area contributed by atoms with Gasteiger partial charge >= 0.3 is 11.8 Å². The Morgan fingerprint density at radius 2 is 1.83 bits per heavy atom.